The van der Waals surface area contributed by atoms with Crippen LogP contribution in [0.15, 0.2) is 43.0 Å². The number of hydrogen-bond donors (Lipinski definition) is 4. The molecular weight excluding hydrogens is 444 g/mol. The number of aromatic nitrogens is 4. The maximum atomic E-state index is 12.4. The number of ether oxygens (including phenoxy) is 2. The summed E-state index contributed by atoms with van der Waals surface area (Å²) in [6.07, 6.45) is 1.30. The van der Waals surface area contributed by atoms with Gasteiger partial charge in [-0.25, -0.2) is 24.5 Å². The Labute approximate surface area is 193 Å². The molecule has 2 aliphatic rings. The Kier molecular flexibility index (Phi) is 5.67. The van der Waals surface area contributed by atoms with E-state index in [9.17, 15) is 14.4 Å². The predicted molar refractivity (Wildman–Crippen MR) is 119 cm³/mol. The summed E-state index contributed by atoms with van der Waals surface area (Å²) in [6, 6.07) is 8.15. The number of urea groups is 2. The van der Waals surface area contributed by atoms with Crippen molar-refractivity contribution in [2.45, 2.75) is 24.9 Å². The van der Waals surface area contributed by atoms with E-state index >= 15 is 0 Å². The molecule has 2 aromatic heterocycles. The van der Waals surface area contributed by atoms with Crippen molar-refractivity contribution in [2.24, 2.45) is 5.92 Å². The Morgan fingerprint density at radius 2 is 1.94 bits per heavy atom. The molecule has 13 nitrogen and oxygen atoms in total. The van der Waals surface area contributed by atoms with Crippen LogP contribution in [0, 0.1) is 5.92 Å². The molecule has 2 fully saturated rings. The second kappa shape index (κ2) is 8.94. The van der Waals surface area contributed by atoms with Crippen LogP contribution in [0.4, 0.5) is 21.1 Å². The summed E-state index contributed by atoms with van der Waals surface area (Å²) in [5, 5.41) is 10.6. The highest BCUT2D eigenvalue weighted by Gasteiger charge is 2.53. The normalized spacial score (nSPS) is 23.3. The van der Waals surface area contributed by atoms with Crippen LogP contribution < -0.4 is 21.3 Å². The number of anilines is 2. The van der Waals surface area contributed by atoms with Gasteiger partial charge in [0.25, 0.3) is 0 Å². The molecule has 176 valence electrons. The average Bonchev–Trinajstić information content (AvgIpc) is 3.52. The Balaban J connectivity index is 1.37. The van der Waals surface area contributed by atoms with Gasteiger partial charge in [0.15, 0.2) is 29.3 Å². The Morgan fingerprint density at radius 3 is 2.74 bits per heavy atom. The number of amides is 4. The lowest BCUT2D eigenvalue weighted by atomic mass is 9.97. The molecule has 2 saturated heterocycles. The van der Waals surface area contributed by atoms with Crippen molar-refractivity contribution in [3.05, 3.63) is 43.0 Å². The van der Waals surface area contributed by atoms with Gasteiger partial charge in [-0.1, -0.05) is 18.2 Å². The van der Waals surface area contributed by atoms with Gasteiger partial charge in [-0.2, -0.15) is 0 Å². The Bertz CT molecular complexity index is 1230. The highest BCUT2D eigenvalue weighted by molar-refractivity contribution is 6.02. The van der Waals surface area contributed by atoms with Gasteiger partial charge in [-0.3, -0.25) is 14.7 Å². The third-order valence-electron chi connectivity index (χ3n) is 5.75. The van der Waals surface area contributed by atoms with E-state index in [0.29, 0.717) is 16.9 Å². The number of fused-ring (bicyclic) bond motifs is 2. The quantitative estimate of drug-likeness (QED) is 0.408. The number of carbonyl (C=O) groups is 3. The number of esters is 1. The largest absolute Gasteiger partial charge is 0.457 e. The first-order valence-electron chi connectivity index (χ1n) is 10.6. The van der Waals surface area contributed by atoms with Crippen molar-refractivity contribution in [3.63, 3.8) is 0 Å². The summed E-state index contributed by atoms with van der Waals surface area (Å²) in [5.41, 5.74) is 1.37. The SMILES string of the molecule is CNC(=O)NC[C@H]1O[C@@H](n2cnc3c(NC(=O)Nc4ccccc4)ncnc32)C2OC(=O)CC21. The first-order valence-corrected chi connectivity index (χ1v) is 10.6. The third-order valence-corrected chi connectivity index (χ3v) is 5.75. The van der Waals surface area contributed by atoms with E-state index in [1.165, 1.54) is 19.7 Å². The van der Waals surface area contributed by atoms with Gasteiger partial charge >= 0.3 is 18.0 Å². The van der Waals surface area contributed by atoms with Gasteiger partial charge in [0.05, 0.1) is 18.9 Å². The molecule has 0 aliphatic carbocycles. The van der Waals surface area contributed by atoms with Gasteiger partial charge in [0.2, 0.25) is 0 Å². The minimum Gasteiger partial charge on any atom is -0.457 e. The maximum Gasteiger partial charge on any atom is 0.324 e. The molecule has 0 spiro atoms. The molecule has 0 saturated carbocycles. The fourth-order valence-corrected chi connectivity index (χ4v) is 4.19. The monoisotopic (exact) mass is 466 g/mol. The van der Waals surface area contributed by atoms with Crippen LogP contribution in [0.5, 0.6) is 0 Å². The van der Waals surface area contributed by atoms with E-state index < -0.39 is 24.5 Å². The van der Waals surface area contributed by atoms with Gasteiger partial charge in [0, 0.05) is 25.2 Å². The minimum atomic E-state index is -0.696. The lowest BCUT2D eigenvalue weighted by Gasteiger charge is -2.19. The molecule has 2 unspecified atom stereocenters. The zero-order valence-electron chi connectivity index (χ0n) is 18.1. The van der Waals surface area contributed by atoms with Crippen LogP contribution in [0.1, 0.15) is 12.6 Å². The zero-order chi connectivity index (χ0) is 23.7. The standard InChI is InChI=1S/C21H22N8O5/c1-22-20(31)23-8-13-12-7-14(30)34-16(12)19(33-13)29-10-26-15-17(24-9-25-18(15)29)28-21(32)27-11-5-3-2-4-6-11/h2-6,9-10,12-13,16,19H,7-8H2,1H3,(H2,22,23,31)(H2,24,25,27,28,32)/t12?,13-,16?,19-/m1/s1. The number of para-hydroxylation sites is 1. The number of imidazole rings is 1. The van der Waals surface area contributed by atoms with Crippen molar-refractivity contribution in [1.82, 2.24) is 30.2 Å². The second-order valence-electron chi connectivity index (χ2n) is 7.84. The molecule has 1 aromatic carbocycles. The fourth-order valence-electron chi connectivity index (χ4n) is 4.19. The van der Waals surface area contributed by atoms with Crippen molar-refractivity contribution in [1.29, 1.82) is 0 Å². The first kappa shape index (κ1) is 21.6. The lowest BCUT2D eigenvalue weighted by molar-refractivity contribution is -0.148. The number of hydrogen-bond acceptors (Lipinski definition) is 8. The number of nitrogens with one attached hydrogen (secondary N) is 4. The number of benzene rings is 1. The molecule has 4 N–H and O–H groups in total. The first-order chi connectivity index (χ1) is 16.5. The second-order valence-corrected chi connectivity index (χ2v) is 7.84. The van der Waals surface area contributed by atoms with E-state index in [-0.39, 0.29) is 36.7 Å². The summed E-state index contributed by atoms with van der Waals surface area (Å²) in [7, 11) is 1.52. The molecule has 4 amide bonds. The van der Waals surface area contributed by atoms with Crippen LogP contribution in [0.25, 0.3) is 11.2 Å². The molecule has 4 atom stereocenters. The summed E-state index contributed by atoms with van der Waals surface area (Å²) in [6.45, 7) is 0.210. The van der Waals surface area contributed by atoms with Gasteiger partial charge < -0.3 is 25.4 Å². The average molecular weight is 466 g/mol. The Hall–Kier alpha value is -4.26. The van der Waals surface area contributed by atoms with E-state index in [2.05, 4.69) is 36.2 Å². The molecule has 13 heteroatoms. The van der Waals surface area contributed by atoms with Crippen LogP contribution in [0.2, 0.25) is 0 Å². The van der Waals surface area contributed by atoms with Crippen LogP contribution >= 0.6 is 0 Å². The summed E-state index contributed by atoms with van der Waals surface area (Å²) in [4.78, 5) is 48.9. The molecular formula is C21H22N8O5. The number of nitrogens with zero attached hydrogens (tertiary/aromatic N) is 4. The van der Waals surface area contributed by atoms with E-state index in [0.717, 1.165) is 0 Å². The smallest absolute Gasteiger partial charge is 0.324 e. The van der Waals surface area contributed by atoms with Crippen molar-refractivity contribution < 1.29 is 23.9 Å². The fraction of sp³-hybridized carbons (Fsp3) is 0.333. The van der Waals surface area contributed by atoms with E-state index in [1.807, 2.05) is 18.2 Å². The minimum absolute atomic E-state index is 0.190. The van der Waals surface area contributed by atoms with E-state index in [1.54, 1.807) is 16.7 Å². The summed E-state index contributed by atoms with van der Waals surface area (Å²) < 4.78 is 13.3. The molecule has 5 rings (SSSR count). The molecule has 0 radical (unpaired) electrons. The van der Waals surface area contributed by atoms with Gasteiger partial charge in [-0.05, 0) is 12.1 Å². The third kappa shape index (κ3) is 4.08. The maximum absolute atomic E-state index is 12.4. The van der Waals surface area contributed by atoms with Crippen molar-refractivity contribution in [3.8, 4) is 0 Å². The molecule has 4 heterocycles. The lowest BCUT2D eigenvalue weighted by Crippen LogP contribution is -2.40. The van der Waals surface area contributed by atoms with Crippen molar-refractivity contribution >= 4 is 40.7 Å². The molecule has 34 heavy (non-hydrogen) atoms. The zero-order valence-corrected chi connectivity index (χ0v) is 18.1. The Morgan fingerprint density at radius 1 is 1.12 bits per heavy atom. The predicted octanol–water partition coefficient (Wildman–Crippen LogP) is 1.23. The molecule has 0 bridgehead atoms. The number of carbonyl (C=O) groups excluding carboxylic acids is 3. The molecule has 2 aliphatic heterocycles. The summed E-state index contributed by atoms with van der Waals surface area (Å²) in [5.74, 6) is -0.344. The highest BCUT2D eigenvalue weighted by Crippen LogP contribution is 2.43. The van der Waals surface area contributed by atoms with E-state index in [4.69, 9.17) is 9.47 Å². The number of rotatable bonds is 5. The van der Waals surface area contributed by atoms with Gasteiger partial charge in [-0.15, -0.1) is 0 Å². The van der Waals surface area contributed by atoms with Crippen LogP contribution in [-0.2, 0) is 14.3 Å². The van der Waals surface area contributed by atoms with Crippen molar-refractivity contribution in [2.75, 3.05) is 24.2 Å². The highest BCUT2D eigenvalue weighted by atomic mass is 16.6. The topological polar surface area (TPSA) is 161 Å². The summed E-state index contributed by atoms with van der Waals surface area (Å²) >= 11 is 0. The van der Waals surface area contributed by atoms with Gasteiger partial charge in [0.1, 0.15) is 6.33 Å². The van der Waals surface area contributed by atoms with Crippen LogP contribution in [-0.4, -0.2) is 63.4 Å². The molecule has 3 aromatic rings. The van der Waals surface area contributed by atoms with Crippen LogP contribution in [0.3, 0.4) is 0 Å².